The average Bonchev–Trinajstić information content (AvgIpc) is 2.75. The number of halogens is 2. The Balaban J connectivity index is 2.39. The van der Waals surface area contributed by atoms with Crippen LogP contribution in [0.4, 0.5) is 8.78 Å². The van der Waals surface area contributed by atoms with Crippen molar-refractivity contribution in [1.82, 2.24) is 14.9 Å². The number of benzene rings is 1. The van der Waals surface area contributed by atoms with Gasteiger partial charge < -0.3 is 9.88 Å². The van der Waals surface area contributed by atoms with Crippen molar-refractivity contribution < 1.29 is 8.78 Å². The Morgan fingerprint density at radius 1 is 1.26 bits per heavy atom. The average molecular weight is 265 g/mol. The largest absolute Gasteiger partial charge is 0.336 e. The van der Waals surface area contributed by atoms with Crippen molar-refractivity contribution >= 4 is 0 Å². The first-order valence-corrected chi connectivity index (χ1v) is 6.27. The second-order valence-electron chi connectivity index (χ2n) is 4.52. The summed E-state index contributed by atoms with van der Waals surface area (Å²) in [6, 6.07) is 3.31. The van der Waals surface area contributed by atoms with Crippen LogP contribution in [0.2, 0.25) is 0 Å². The standard InChI is InChI=1S/C14H17F2N3/c1-3-4-18-14(13-8-17-9-19(13)2)10-5-11(15)7-12(16)6-10/h5-9,14,18H,3-4H2,1-2H3. The Hall–Kier alpha value is -1.75. The molecule has 1 N–H and O–H groups in total. The third kappa shape index (κ3) is 3.17. The van der Waals surface area contributed by atoms with E-state index in [4.69, 9.17) is 0 Å². The Labute approximate surface area is 111 Å². The van der Waals surface area contributed by atoms with Crippen LogP contribution >= 0.6 is 0 Å². The monoisotopic (exact) mass is 265 g/mol. The fourth-order valence-corrected chi connectivity index (χ4v) is 2.07. The fraction of sp³-hybridized carbons (Fsp3) is 0.357. The SMILES string of the molecule is CCCNC(c1cc(F)cc(F)c1)c1cncn1C. The molecule has 2 rings (SSSR count). The van der Waals surface area contributed by atoms with Gasteiger partial charge in [0.25, 0.3) is 0 Å². The van der Waals surface area contributed by atoms with E-state index in [0.29, 0.717) is 5.56 Å². The van der Waals surface area contributed by atoms with Gasteiger partial charge in [-0.2, -0.15) is 0 Å². The van der Waals surface area contributed by atoms with Crippen LogP contribution in [-0.4, -0.2) is 16.1 Å². The van der Waals surface area contributed by atoms with Gasteiger partial charge in [-0.05, 0) is 30.7 Å². The molecule has 5 heteroatoms. The molecule has 0 saturated heterocycles. The molecule has 1 atom stereocenters. The maximum atomic E-state index is 13.4. The van der Waals surface area contributed by atoms with Gasteiger partial charge in [-0.15, -0.1) is 0 Å². The van der Waals surface area contributed by atoms with Crippen LogP contribution in [-0.2, 0) is 7.05 Å². The first kappa shape index (κ1) is 13.7. The predicted molar refractivity (Wildman–Crippen MR) is 69.7 cm³/mol. The lowest BCUT2D eigenvalue weighted by Crippen LogP contribution is -2.25. The molecule has 0 saturated carbocycles. The van der Waals surface area contributed by atoms with Gasteiger partial charge in [-0.3, -0.25) is 0 Å². The topological polar surface area (TPSA) is 29.9 Å². The molecule has 0 aliphatic carbocycles. The molecule has 3 nitrogen and oxygen atoms in total. The maximum Gasteiger partial charge on any atom is 0.126 e. The molecule has 1 aromatic heterocycles. The smallest absolute Gasteiger partial charge is 0.126 e. The second kappa shape index (κ2) is 5.93. The molecule has 1 heterocycles. The summed E-state index contributed by atoms with van der Waals surface area (Å²) in [7, 11) is 1.86. The van der Waals surface area contributed by atoms with Crippen molar-refractivity contribution in [3.05, 3.63) is 53.6 Å². The van der Waals surface area contributed by atoms with E-state index in [1.807, 2.05) is 18.5 Å². The molecule has 1 aromatic carbocycles. The molecular weight excluding hydrogens is 248 g/mol. The molecule has 0 amide bonds. The third-order valence-electron chi connectivity index (χ3n) is 2.97. The fourth-order valence-electron chi connectivity index (χ4n) is 2.07. The lowest BCUT2D eigenvalue weighted by atomic mass is 10.0. The number of imidazole rings is 1. The molecule has 0 fully saturated rings. The number of hydrogen-bond acceptors (Lipinski definition) is 2. The normalized spacial score (nSPS) is 12.6. The van der Waals surface area contributed by atoms with Gasteiger partial charge in [-0.1, -0.05) is 6.92 Å². The lowest BCUT2D eigenvalue weighted by molar-refractivity contribution is 0.545. The van der Waals surface area contributed by atoms with Crippen molar-refractivity contribution in [1.29, 1.82) is 0 Å². The third-order valence-corrected chi connectivity index (χ3v) is 2.97. The number of nitrogens with one attached hydrogen (secondary N) is 1. The number of nitrogens with zero attached hydrogens (tertiary/aromatic N) is 2. The van der Waals surface area contributed by atoms with Crippen LogP contribution in [0.5, 0.6) is 0 Å². The van der Waals surface area contributed by atoms with Crippen LogP contribution in [0.1, 0.15) is 30.6 Å². The second-order valence-corrected chi connectivity index (χ2v) is 4.52. The highest BCUT2D eigenvalue weighted by molar-refractivity contribution is 5.28. The molecule has 0 radical (unpaired) electrons. The van der Waals surface area contributed by atoms with Crippen molar-refractivity contribution in [3.63, 3.8) is 0 Å². The van der Waals surface area contributed by atoms with Crippen molar-refractivity contribution in [2.75, 3.05) is 6.54 Å². The first-order valence-electron chi connectivity index (χ1n) is 6.27. The van der Waals surface area contributed by atoms with Gasteiger partial charge in [0.15, 0.2) is 0 Å². The van der Waals surface area contributed by atoms with E-state index in [2.05, 4.69) is 10.3 Å². The van der Waals surface area contributed by atoms with Gasteiger partial charge >= 0.3 is 0 Å². The van der Waals surface area contributed by atoms with Gasteiger partial charge in [0.1, 0.15) is 11.6 Å². The van der Waals surface area contributed by atoms with Crippen molar-refractivity contribution in [2.45, 2.75) is 19.4 Å². The quantitative estimate of drug-likeness (QED) is 0.901. The van der Waals surface area contributed by atoms with E-state index >= 15 is 0 Å². The van der Waals surface area contributed by atoms with Crippen LogP contribution in [0, 0.1) is 11.6 Å². The molecule has 19 heavy (non-hydrogen) atoms. The summed E-state index contributed by atoms with van der Waals surface area (Å²) in [5.74, 6) is -1.14. The molecule has 102 valence electrons. The maximum absolute atomic E-state index is 13.4. The Morgan fingerprint density at radius 3 is 2.47 bits per heavy atom. The van der Waals surface area contributed by atoms with E-state index in [1.54, 1.807) is 12.5 Å². The zero-order valence-corrected chi connectivity index (χ0v) is 11.0. The number of aryl methyl sites for hydroxylation is 1. The van der Waals surface area contributed by atoms with Gasteiger partial charge in [0, 0.05) is 13.1 Å². The summed E-state index contributed by atoms with van der Waals surface area (Å²) in [6.07, 6.45) is 4.31. The first-order chi connectivity index (χ1) is 9.11. The van der Waals surface area contributed by atoms with Gasteiger partial charge in [0.2, 0.25) is 0 Å². The molecule has 0 aliphatic rings. The van der Waals surface area contributed by atoms with Crippen molar-refractivity contribution in [3.8, 4) is 0 Å². The Kier molecular flexibility index (Phi) is 4.27. The molecule has 0 aliphatic heterocycles. The number of rotatable bonds is 5. The van der Waals surface area contributed by atoms with E-state index < -0.39 is 11.6 Å². The van der Waals surface area contributed by atoms with Crippen LogP contribution < -0.4 is 5.32 Å². The van der Waals surface area contributed by atoms with Crippen molar-refractivity contribution in [2.24, 2.45) is 7.05 Å². The van der Waals surface area contributed by atoms with Gasteiger partial charge in [-0.25, -0.2) is 13.8 Å². The van der Waals surface area contributed by atoms with Crippen LogP contribution in [0.25, 0.3) is 0 Å². The molecular formula is C14H17F2N3. The summed E-state index contributed by atoms with van der Waals surface area (Å²) in [5, 5.41) is 3.29. The van der Waals surface area contributed by atoms with E-state index in [-0.39, 0.29) is 6.04 Å². The summed E-state index contributed by atoms with van der Waals surface area (Å²) < 4.78 is 28.6. The number of aromatic nitrogens is 2. The van der Waals surface area contributed by atoms with E-state index in [0.717, 1.165) is 24.7 Å². The van der Waals surface area contributed by atoms with Crippen LogP contribution in [0.15, 0.2) is 30.7 Å². The molecule has 0 bridgehead atoms. The zero-order chi connectivity index (χ0) is 13.8. The highest BCUT2D eigenvalue weighted by atomic mass is 19.1. The van der Waals surface area contributed by atoms with Gasteiger partial charge in [0.05, 0.1) is 24.3 Å². The summed E-state index contributed by atoms with van der Waals surface area (Å²) in [5.41, 5.74) is 1.44. The minimum absolute atomic E-state index is 0.266. The minimum atomic E-state index is -0.569. The zero-order valence-electron chi connectivity index (χ0n) is 11.0. The summed E-state index contributed by atoms with van der Waals surface area (Å²) >= 11 is 0. The minimum Gasteiger partial charge on any atom is -0.336 e. The summed E-state index contributed by atoms with van der Waals surface area (Å²) in [6.45, 7) is 2.80. The molecule has 2 aromatic rings. The molecule has 0 spiro atoms. The van der Waals surface area contributed by atoms with E-state index in [9.17, 15) is 8.78 Å². The highest BCUT2D eigenvalue weighted by Crippen LogP contribution is 2.23. The number of hydrogen-bond donors (Lipinski definition) is 1. The predicted octanol–water partition coefficient (Wildman–Crippen LogP) is 2.79. The Bertz CT molecular complexity index is 531. The highest BCUT2D eigenvalue weighted by Gasteiger charge is 2.18. The Morgan fingerprint density at radius 2 is 1.95 bits per heavy atom. The molecule has 1 unspecified atom stereocenters. The lowest BCUT2D eigenvalue weighted by Gasteiger charge is -2.19. The summed E-state index contributed by atoms with van der Waals surface area (Å²) in [4.78, 5) is 4.06. The van der Waals surface area contributed by atoms with E-state index in [1.165, 1.54) is 12.1 Å². The van der Waals surface area contributed by atoms with Crippen LogP contribution in [0.3, 0.4) is 0 Å².